The summed E-state index contributed by atoms with van der Waals surface area (Å²) in [4.78, 5) is 28.5. The van der Waals surface area contributed by atoms with Gasteiger partial charge in [-0.3, -0.25) is 9.78 Å². The molecule has 28 heavy (non-hydrogen) atoms. The maximum Gasteiger partial charge on any atom is 0.260 e. The molecule has 2 N–H and O–H groups in total. The van der Waals surface area contributed by atoms with Crippen LogP contribution in [0.25, 0.3) is 10.6 Å². The number of hydrogen-bond acceptors (Lipinski definition) is 6. The van der Waals surface area contributed by atoms with Crippen molar-refractivity contribution in [1.82, 2.24) is 19.9 Å². The van der Waals surface area contributed by atoms with Crippen LogP contribution in [0.5, 0.6) is 0 Å². The van der Waals surface area contributed by atoms with E-state index in [1.54, 1.807) is 12.4 Å². The smallest absolute Gasteiger partial charge is 0.260 e. The highest BCUT2D eigenvalue weighted by Crippen LogP contribution is 2.48. The van der Waals surface area contributed by atoms with Gasteiger partial charge in [0.2, 0.25) is 0 Å². The minimum atomic E-state index is -0.936. The van der Waals surface area contributed by atoms with E-state index < -0.39 is 23.3 Å². The number of pyridine rings is 1. The minimum absolute atomic E-state index is 0.258. The first kappa shape index (κ1) is 18.5. The first-order valence-electron chi connectivity index (χ1n) is 8.79. The van der Waals surface area contributed by atoms with Gasteiger partial charge in [0.15, 0.2) is 0 Å². The second-order valence-electron chi connectivity index (χ2n) is 6.90. The lowest BCUT2D eigenvalue weighted by Crippen LogP contribution is -2.44. The highest BCUT2D eigenvalue weighted by atomic mass is 32.1. The Morgan fingerprint density at radius 1 is 1.21 bits per heavy atom. The third-order valence-electron chi connectivity index (χ3n) is 5.01. The van der Waals surface area contributed by atoms with Crippen LogP contribution in [0.2, 0.25) is 0 Å². The van der Waals surface area contributed by atoms with Gasteiger partial charge in [-0.2, -0.15) is 0 Å². The Morgan fingerprint density at radius 3 is 2.57 bits per heavy atom. The maximum absolute atomic E-state index is 14.2. The van der Waals surface area contributed by atoms with E-state index in [0.29, 0.717) is 39.8 Å². The predicted octanol–water partition coefficient (Wildman–Crippen LogP) is 3.24. The number of aromatic nitrogens is 4. The molecule has 1 saturated carbocycles. The Hall–Kier alpha value is -2.81. The molecule has 0 radical (unpaired) electrons. The van der Waals surface area contributed by atoms with E-state index in [1.807, 2.05) is 0 Å². The van der Waals surface area contributed by atoms with Crippen LogP contribution in [0.4, 0.5) is 8.78 Å². The van der Waals surface area contributed by atoms with Crippen LogP contribution >= 0.6 is 11.3 Å². The highest BCUT2D eigenvalue weighted by molar-refractivity contribution is 7.16. The third kappa shape index (κ3) is 3.49. The Bertz CT molecular complexity index is 1000. The molecule has 0 aliphatic heterocycles. The molecule has 3 heterocycles. The number of carbonyl (C=O) groups is 1. The summed E-state index contributed by atoms with van der Waals surface area (Å²) >= 11 is 1.17. The Balaban J connectivity index is 1.48. The minimum Gasteiger partial charge on any atom is -0.365 e. The molecular formula is C19H17F2N5OS. The first-order valence-corrected chi connectivity index (χ1v) is 9.60. The summed E-state index contributed by atoms with van der Waals surface area (Å²) in [6.45, 7) is 0. The number of carbonyl (C=O) groups excluding carboxylic acids is 1. The summed E-state index contributed by atoms with van der Waals surface area (Å²) < 4.78 is 27.8. The van der Waals surface area contributed by atoms with Gasteiger partial charge in [0, 0.05) is 36.0 Å². The van der Waals surface area contributed by atoms with Crippen molar-refractivity contribution >= 4 is 17.2 Å². The largest absolute Gasteiger partial charge is 0.365 e. The molecule has 0 atom stereocenters. The van der Waals surface area contributed by atoms with E-state index in [9.17, 15) is 13.6 Å². The fourth-order valence-electron chi connectivity index (χ4n) is 3.55. The lowest BCUT2D eigenvalue weighted by Gasteiger charge is -2.44. The number of amides is 1. The zero-order chi connectivity index (χ0) is 19.7. The molecule has 3 aromatic heterocycles. The molecule has 1 aliphatic carbocycles. The van der Waals surface area contributed by atoms with Crippen LogP contribution in [0.3, 0.4) is 0 Å². The lowest BCUT2D eigenvalue weighted by molar-refractivity contribution is 0.0792. The molecule has 0 aromatic carbocycles. The molecular weight excluding hydrogens is 384 g/mol. The predicted molar refractivity (Wildman–Crippen MR) is 100.0 cm³/mol. The van der Waals surface area contributed by atoms with Gasteiger partial charge in [0.1, 0.15) is 27.7 Å². The fourth-order valence-corrected chi connectivity index (χ4v) is 4.29. The van der Waals surface area contributed by atoms with E-state index in [-0.39, 0.29) is 12.8 Å². The molecule has 0 bridgehead atoms. The maximum atomic E-state index is 14.2. The van der Waals surface area contributed by atoms with Gasteiger partial charge in [0.05, 0.1) is 11.9 Å². The highest BCUT2D eigenvalue weighted by Gasteiger charge is 2.48. The van der Waals surface area contributed by atoms with Crippen LogP contribution in [-0.2, 0) is 11.8 Å². The zero-order valence-electron chi connectivity index (χ0n) is 14.8. The van der Waals surface area contributed by atoms with Gasteiger partial charge in [-0.05, 0) is 31.4 Å². The number of aryl methyl sites for hydroxylation is 1. The van der Waals surface area contributed by atoms with E-state index >= 15 is 0 Å². The van der Waals surface area contributed by atoms with Crippen molar-refractivity contribution in [1.29, 1.82) is 0 Å². The van der Waals surface area contributed by atoms with Crippen LogP contribution in [0, 0.1) is 5.82 Å². The monoisotopic (exact) mass is 401 g/mol. The first-order chi connectivity index (χ1) is 13.5. The van der Waals surface area contributed by atoms with Gasteiger partial charge in [-0.1, -0.05) is 0 Å². The molecule has 0 unspecified atom stereocenters. The molecule has 144 valence electrons. The summed E-state index contributed by atoms with van der Waals surface area (Å²) in [5, 5.41) is 0.603. The number of alkyl halides is 1. The second-order valence-corrected chi connectivity index (χ2v) is 7.93. The zero-order valence-corrected chi connectivity index (χ0v) is 15.6. The van der Waals surface area contributed by atoms with Gasteiger partial charge >= 0.3 is 0 Å². The number of hydrogen-bond donors (Lipinski definition) is 1. The van der Waals surface area contributed by atoms with Crippen molar-refractivity contribution < 1.29 is 13.6 Å². The standard InChI is InChI=1S/C19H17F2N5OS/c20-12-6-19(7-12,16-13(21)2-1-5-23-16)4-3-15-24-8-11(9-25-15)18-26-10-14(28-18)17(22)27/h1-2,5,8-10,12H,3-4,6-7H2,(H2,22,27). The van der Waals surface area contributed by atoms with Gasteiger partial charge in [-0.15, -0.1) is 11.3 Å². The Kier molecular flexibility index (Phi) is 4.84. The van der Waals surface area contributed by atoms with Crippen LogP contribution in [-0.4, -0.2) is 32.0 Å². The Labute approximate surface area is 163 Å². The van der Waals surface area contributed by atoms with E-state index in [4.69, 9.17) is 5.73 Å². The fraction of sp³-hybridized carbons (Fsp3) is 0.316. The van der Waals surface area contributed by atoms with Crippen molar-refractivity contribution in [2.45, 2.75) is 37.3 Å². The Morgan fingerprint density at radius 2 is 1.96 bits per heavy atom. The molecule has 6 nitrogen and oxygen atoms in total. The van der Waals surface area contributed by atoms with Gasteiger partial charge < -0.3 is 5.73 Å². The van der Waals surface area contributed by atoms with Gasteiger partial charge in [0.25, 0.3) is 5.91 Å². The molecule has 0 saturated heterocycles. The second kappa shape index (κ2) is 7.31. The summed E-state index contributed by atoms with van der Waals surface area (Å²) in [5.74, 6) is -0.354. The number of halogens is 2. The number of nitrogens with two attached hydrogens (primary N) is 1. The number of thiazole rings is 1. The average molecular weight is 401 g/mol. The SMILES string of the molecule is NC(=O)c1cnc(-c2cnc(CCC3(c4ncccc4F)CC(F)C3)nc2)s1. The van der Waals surface area contributed by atoms with Crippen LogP contribution < -0.4 is 5.73 Å². The summed E-state index contributed by atoms with van der Waals surface area (Å²) in [6, 6.07) is 2.89. The van der Waals surface area contributed by atoms with Crippen molar-refractivity contribution in [3.63, 3.8) is 0 Å². The molecule has 1 fully saturated rings. The van der Waals surface area contributed by atoms with E-state index in [0.717, 1.165) is 0 Å². The average Bonchev–Trinajstić information content (AvgIpc) is 3.16. The van der Waals surface area contributed by atoms with Crippen molar-refractivity contribution in [3.05, 3.63) is 59.1 Å². The normalized spacial score (nSPS) is 21.3. The quantitative estimate of drug-likeness (QED) is 0.684. The number of primary amides is 1. The third-order valence-corrected chi connectivity index (χ3v) is 6.07. The number of nitrogens with zero attached hydrogens (tertiary/aromatic N) is 4. The summed E-state index contributed by atoms with van der Waals surface area (Å²) in [6.07, 6.45) is 6.78. The summed E-state index contributed by atoms with van der Waals surface area (Å²) in [7, 11) is 0. The lowest BCUT2D eigenvalue weighted by atomic mass is 9.62. The number of rotatable bonds is 6. The van der Waals surface area contributed by atoms with E-state index in [1.165, 1.54) is 35.9 Å². The molecule has 0 spiro atoms. The van der Waals surface area contributed by atoms with Crippen LogP contribution in [0.1, 0.15) is 40.5 Å². The van der Waals surface area contributed by atoms with E-state index in [2.05, 4.69) is 19.9 Å². The molecule has 1 amide bonds. The van der Waals surface area contributed by atoms with Crippen molar-refractivity contribution in [2.75, 3.05) is 0 Å². The molecule has 3 aromatic rings. The van der Waals surface area contributed by atoms with Crippen molar-refractivity contribution in [2.24, 2.45) is 5.73 Å². The molecule has 9 heteroatoms. The van der Waals surface area contributed by atoms with Crippen molar-refractivity contribution in [3.8, 4) is 10.6 Å². The topological polar surface area (TPSA) is 94.7 Å². The molecule has 4 rings (SSSR count). The summed E-state index contributed by atoms with van der Waals surface area (Å²) in [5.41, 5.74) is 5.63. The van der Waals surface area contributed by atoms with Crippen LogP contribution in [0.15, 0.2) is 36.9 Å². The molecule has 1 aliphatic rings. The van der Waals surface area contributed by atoms with Gasteiger partial charge in [-0.25, -0.2) is 23.7 Å².